The number of ketones is 1. The number of alkyl halides is 3. The van der Waals surface area contributed by atoms with Gasteiger partial charge in [-0.15, -0.1) is 13.2 Å². The Balaban J connectivity index is 1.82. The zero-order valence-electron chi connectivity index (χ0n) is 15.6. The average molecular weight is 392 g/mol. The van der Waals surface area contributed by atoms with Crippen LogP contribution in [0.4, 0.5) is 13.2 Å². The smallest absolute Gasteiger partial charge is 0.495 e. The molecule has 2 aromatic carbocycles. The Bertz CT molecular complexity index is 912. The third-order valence-electron chi connectivity index (χ3n) is 4.21. The molecule has 0 unspecified atom stereocenters. The number of Topliss-reactive ketones (excluding diaryl/α,β-unsaturated/α-hetero) is 1. The Hall–Kier alpha value is -2.96. The van der Waals surface area contributed by atoms with Crippen molar-refractivity contribution in [3.05, 3.63) is 59.2 Å². The van der Waals surface area contributed by atoms with Crippen LogP contribution in [0.15, 0.2) is 42.5 Å². The van der Waals surface area contributed by atoms with Crippen LogP contribution in [0.2, 0.25) is 0 Å². The highest BCUT2D eigenvalue weighted by molar-refractivity contribution is 6.01. The number of halogens is 3. The molecule has 4 nitrogen and oxygen atoms in total. The quantitative estimate of drug-likeness (QED) is 0.656. The molecule has 0 fully saturated rings. The van der Waals surface area contributed by atoms with Gasteiger partial charge in [-0.1, -0.05) is 12.1 Å². The summed E-state index contributed by atoms with van der Waals surface area (Å²) in [6.07, 6.45) is -1.00. The molecule has 0 bridgehead atoms. The van der Waals surface area contributed by atoms with Crippen LogP contribution in [-0.2, 0) is 6.42 Å². The lowest BCUT2D eigenvalue weighted by molar-refractivity contribution is -0.274. The largest absolute Gasteiger partial charge is 0.573 e. The van der Waals surface area contributed by atoms with E-state index >= 15 is 0 Å². The van der Waals surface area contributed by atoms with Gasteiger partial charge >= 0.3 is 6.36 Å². The number of fused-ring (bicyclic) bond motifs is 1. The molecule has 0 aliphatic carbocycles. The fourth-order valence-electron chi connectivity index (χ4n) is 2.96. The van der Waals surface area contributed by atoms with Crippen LogP contribution < -0.4 is 14.2 Å². The summed E-state index contributed by atoms with van der Waals surface area (Å²) in [7, 11) is 1.48. The Morgan fingerprint density at radius 3 is 2.39 bits per heavy atom. The summed E-state index contributed by atoms with van der Waals surface area (Å²) in [6.45, 7) is 3.84. The third kappa shape index (κ3) is 4.47. The minimum Gasteiger partial charge on any atom is -0.495 e. The molecular formula is C21H19F3O4. The van der Waals surface area contributed by atoms with Crippen molar-refractivity contribution in [2.75, 3.05) is 7.11 Å². The maximum atomic E-state index is 12.8. The van der Waals surface area contributed by atoms with E-state index in [-0.39, 0.29) is 18.0 Å². The van der Waals surface area contributed by atoms with Gasteiger partial charge in [0.15, 0.2) is 5.78 Å². The normalized spacial score (nSPS) is 14.8. The molecule has 0 amide bonds. The highest BCUT2D eigenvalue weighted by atomic mass is 19.4. The maximum absolute atomic E-state index is 12.8. The first kappa shape index (κ1) is 19.8. The summed E-state index contributed by atoms with van der Waals surface area (Å²) in [5.41, 5.74) is 1.17. The number of ether oxygens (including phenoxy) is 3. The Morgan fingerprint density at radius 2 is 1.79 bits per heavy atom. The van der Waals surface area contributed by atoms with Crippen molar-refractivity contribution in [1.29, 1.82) is 0 Å². The topological polar surface area (TPSA) is 44.8 Å². The van der Waals surface area contributed by atoms with E-state index in [0.717, 1.165) is 0 Å². The van der Waals surface area contributed by atoms with E-state index in [9.17, 15) is 18.0 Å². The van der Waals surface area contributed by atoms with Crippen LogP contribution in [-0.4, -0.2) is 24.9 Å². The lowest BCUT2D eigenvalue weighted by atomic mass is 9.96. The number of hydrogen-bond donors (Lipinski definition) is 0. The first-order chi connectivity index (χ1) is 13.1. The van der Waals surface area contributed by atoms with E-state index in [1.165, 1.54) is 31.4 Å². The van der Waals surface area contributed by atoms with E-state index < -0.39 is 12.0 Å². The van der Waals surface area contributed by atoms with Gasteiger partial charge in [0.1, 0.15) is 22.8 Å². The molecule has 0 atom stereocenters. The Morgan fingerprint density at radius 1 is 1.11 bits per heavy atom. The SMILES string of the molecule is COc1c(C(=O)Cc2ccc(OC(F)(F)F)cc2)ccc2c1C=CC(C)(C)O2. The number of rotatable bonds is 5. The van der Waals surface area contributed by atoms with Crippen molar-refractivity contribution in [2.24, 2.45) is 0 Å². The maximum Gasteiger partial charge on any atom is 0.573 e. The predicted octanol–water partition coefficient (Wildman–Crippen LogP) is 5.20. The molecule has 1 aliphatic heterocycles. The first-order valence-electron chi connectivity index (χ1n) is 8.55. The van der Waals surface area contributed by atoms with Crippen LogP contribution in [0.1, 0.15) is 35.3 Å². The van der Waals surface area contributed by atoms with Crippen LogP contribution in [0, 0.1) is 0 Å². The fourth-order valence-corrected chi connectivity index (χ4v) is 2.96. The highest BCUT2D eigenvalue weighted by Crippen LogP contribution is 2.39. The second-order valence-corrected chi connectivity index (χ2v) is 6.89. The molecule has 28 heavy (non-hydrogen) atoms. The lowest BCUT2D eigenvalue weighted by Crippen LogP contribution is -2.27. The van der Waals surface area contributed by atoms with E-state index in [2.05, 4.69) is 4.74 Å². The van der Waals surface area contributed by atoms with Crippen molar-refractivity contribution < 1.29 is 32.2 Å². The van der Waals surface area contributed by atoms with Crippen LogP contribution in [0.3, 0.4) is 0 Å². The highest BCUT2D eigenvalue weighted by Gasteiger charge is 2.31. The van der Waals surface area contributed by atoms with Crippen molar-refractivity contribution >= 4 is 11.9 Å². The standard InChI is InChI=1S/C21H19F3O4/c1-20(2)11-10-16-18(28-20)9-8-15(19(16)26-3)17(25)12-13-4-6-14(7-5-13)27-21(22,23)24/h4-11H,12H2,1-3H3. The van der Waals surface area contributed by atoms with Crippen LogP contribution in [0.25, 0.3) is 6.08 Å². The van der Waals surface area contributed by atoms with E-state index in [4.69, 9.17) is 9.47 Å². The molecule has 2 aromatic rings. The molecular weight excluding hydrogens is 373 g/mol. The minimum absolute atomic E-state index is 0.0114. The van der Waals surface area contributed by atoms with E-state index in [0.29, 0.717) is 28.2 Å². The molecule has 148 valence electrons. The van der Waals surface area contributed by atoms with Gasteiger partial charge < -0.3 is 14.2 Å². The molecule has 7 heteroatoms. The monoisotopic (exact) mass is 392 g/mol. The molecule has 0 saturated heterocycles. The number of carbonyl (C=O) groups excluding carboxylic acids is 1. The molecule has 0 N–H and O–H groups in total. The van der Waals surface area contributed by atoms with Gasteiger partial charge in [0.2, 0.25) is 0 Å². The summed E-state index contributed by atoms with van der Waals surface area (Å²) in [5, 5.41) is 0. The summed E-state index contributed by atoms with van der Waals surface area (Å²) in [5.74, 6) is 0.475. The van der Waals surface area contributed by atoms with Gasteiger partial charge in [-0.3, -0.25) is 4.79 Å². The van der Waals surface area contributed by atoms with Gasteiger partial charge in [-0.05, 0) is 55.8 Å². The van der Waals surface area contributed by atoms with Gasteiger partial charge in [0.25, 0.3) is 0 Å². The summed E-state index contributed by atoms with van der Waals surface area (Å²) in [4.78, 5) is 12.8. The molecule has 0 spiro atoms. The Kier molecular flexibility index (Phi) is 5.10. The summed E-state index contributed by atoms with van der Waals surface area (Å²) < 4.78 is 51.9. The molecule has 1 aliphatic rings. The summed E-state index contributed by atoms with van der Waals surface area (Å²) in [6, 6.07) is 8.56. The fraction of sp³-hybridized carbons (Fsp3) is 0.286. The molecule has 0 saturated carbocycles. The van der Waals surface area contributed by atoms with Crippen molar-refractivity contribution in [3.8, 4) is 17.2 Å². The second-order valence-electron chi connectivity index (χ2n) is 6.89. The van der Waals surface area contributed by atoms with Crippen molar-refractivity contribution in [1.82, 2.24) is 0 Å². The van der Waals surface area contributed by atoms with E-state index in [1.54, 1.807) is 12.1 Å². The number of carbonyl (C=O) groups is 1. The minimum atomic E-state index is -4.75. The van der Waals surface area contributed by atoms with Crippen LogP contribution >= 0.6 is 0 Å². The second kappa shape index (κ2) is 7.22. The average Bonchev–Trinajstić information content (AvgIpc) is 2.60. The van der Waals surface area contributed by atoms with Gasteiger partial charge in [-0.25, -0.2) is 0 Å². The third-order valence-corrected chi connectivity index (χ3v) is 4.21. The van der Waals surface area contributed by atoms with Crippen molar-refractivity contribution in [3.63, 3.8) is 0 Å². The summed E-state index contributed by atoms with van der Waals surface area (Å²) >= 11 is 0. The van der Waals surface area contributed by atoms with E-state index in [1.807, 2.05) is 26.0 Å². The lowest BCUT2D eigenvalue weighted by Gasteiger charge is -2.29. The molecule has 0 radical (unpaired) electrons. The van der Waals surface area contributed by atoms with Gasteiger partial charge in [0.05, 0.1) is 18.2 Å². The van der Waals surface area contributed by atoms with Gasteiger partial charge in [-0.2, -0.15) is 0 Å². The van der Waals surface area contributed by atoms with Gasteiger partial charge in [0, 0.05) is 6.42 Å². The number of benzene rings is 2. The zero-order valence-corrected chi connectivity index (χ0v) is 15.6. The number of hydrogen-bond acceptors (Lipinski definition) is 4. The molecule has 1 heterocycles. The van der Waals surface area contributed by atoms with Crippen LogP contribution in [0.5, 0.6) is 17.2 Å². The molecule has 0 aromatic heterocycles. The zero-order chi connectivity index (χ0) is 20.5. The predicted molar refractivity (Wildman–Crippen MR) is 97.9 cm³/mol. The first-order valence-corrected chi connectivity index (χ1v) is 8.55. The molecule has 3 rings (SSSR count). The van der Waals surface area contributed by atoms with Crippen molar-refractivity contribution in [2.45, 2.75) is 32.2 Å². The number of methoxy groups -OCH3 is 1. The Labute approximate surface area is 160 Å².